The van der Waals surface area contributed by atoms with Gasteiger partial charge in [0.25, 0.3) is 5.91 Å². The molecule has 0 aliphatic carbocycles. The highest BCUT2D eigenvalue weighted by molar-refractivity contribution is 5.97. The summed E-state index contributed by atoms with van der Waals surface area (Å²) in [5, 5.41) is 27.7. The molecule has 0 fully saturated rings. The van der Waals surface area contributed by atoms with Crippen molar-refractivity contribution in [1.82, 2.24) is 4.90 Å². The fourth-order valence-corrected chi connectivity index (χ4v) is 1.80. The Hall–Kier alpha value is -2.24. The average molecular weight is 281 g/mol. The standard InChI is InChI=1S/C14H19NO5/c1-14(2,3)15(7-6-12(18)19)13(20)10-5-4-9(16)8-11(10)17/h4-5,8,16-17H,6-7H2,1-3H3,(H,18,19). The molecular weight excluding hydrogens is 262 g/mol. The van der Waals surface area contributed by atoms with Crippen LogP contribution in [-0.2, 0) is 4.79 Å². The van der Waals surface area contributed by atoms with Crippen LogP contribution >= 0.6 is 0 Å². The summed E-state index contributed by atoms with van der Waals surface area (Å²) in [5.41, 5.74) is -0.556. The number of aromatic hydroxyl groups is 2. The molecule has 1 amide bonds. The number of amides is 1. The SMILES string of the molecule is CC(C)(C)N(CCC(=O)O)C(=O)c1ccc(O)cc1O. The molecule has 110 valence electrons. The number of benzene rings is 1. The Balaban J connectivity index is 3.07. The van der Waals surface area contributed by atoms with E-state index in [0.29, 0.717) is 0 Å². The van der Waals surface area contributed by atoms with Gasteiger partial charge in [-0.1, -0.05) is 0 Å². The molecule has 0 radical (unpaired) electrons. The minimum absolute atomic E-state index is 0.0307. The van der Waals surface area contributed by atoms with Crippen LogP contribution in [-0.4, -0.2) is 44.2 Å². The third kappa shape index (κ3) is 3.88. The van der Waals surface area contributed by atoms with Crippen molar-refractivity contribution in [2.45, 2.75) is 32.7 Å². The zero-order chi connectivity index (χ0) is 15.5. The molecule has 6 nitrogen and oxygen atoms in total. The normalized spacial score (nSPS) is 11.2. The predicted octanol–water partition coefficient (Wildman–Crippen LogP) is 1.81. The van der Waals surface area contributed by atoms with E-state index in [-0.39, 0.29) is 30.0 Å². The molecule has 0 unspecified atom stereocenters. The fraction of sp³-hybridized carbons (Fsp3) is 0.429. The van der Waals surface area contributed by atoms with Gasteiger partial charge in [0.2, 0.25) is 0 Å². The Morgan fingerprint density at radius 1 is 1.20 bits per heavy atom. The second-order valence-corrected chi connectivity index (χ2v) is 5.47. The first kappa shape index (κ1) is 15.8. The highest BCUT2D eigenvalue weighted by Crippen LogP contribution is 2.26. The molecule has 0 atom stereocenters. The molecule has 0 saturated heterocycles. The first-order valence-electron chi connectivity index (χ1n) is 6.18. The quantitative estimate of drug-likeness (QED) is 0.782. The van der Waals surface area contributed by atoms with Gasteiger partial charge < -0.3 is 20.2 Å². The molecule has 0 aliphatic heterocycles. The number of phenolic OH excluding ortho intramolecular Hbond substituents is 2. The molecule has 0 saturated carbocycles. The zero-order valence-electron chi connectivity index (χ0n) is 11.8. The highest BCUT2D eigenvalue weighted by Gasteiger charge is 2.29. The molecule has 20 heavy (non-hydrogen) atoms. The number of carboxylic acid groups (broad SMARTS) is 1. The van der Waals surface area contributed by atoms with E-state index in [2.05, 4.69) is 0 Å². The smallest absolute Gasteiger partial charge is 0.305 e. The number of hydrogen-bond donors (Lipinski definition) is 3. The summed E-state index contributed by atoms with van der Waals surface area (Å²) in [6.45, 7) is 5.39. The van der Waals surface area contributed by atoms with Crippen LogP contribution in [0.2, 0.25) is 0 Å². The molecular formula is C14H19NO5. The zero-order valence-corrected chi connectivity index (χ0v) is 11.8. The van der Waals surface area contributed by atoms with Crippen LogP contribution in [0.4, 0.5) is 0 Å². The Labute approximate surface area is 117 Å². The third-order valence-corrected chi connectivity index (χ3v) is 2.82. The number of phenols is 2. The van der Waals surface area contributed by atoms with Crippen molar-refractivity contribution in [1.29, 1.82) is 0 Å². The lowest BCUT2D eigenvalue weighted by molar-refractivity contribution is -0.137. The van der Waals surface area contributed by atoms with Gasteiger partial charge in [-0.05, 0) is 32.9 Å². The van der Waals surface area contributed by atoms with Crippen molar-refractivity contribution < 1.29 is 24.9 Å². The number of carboxylic acids is 1. The van der Waals surface area contributed by atoms with Gasteiger partial charge in [-0.25, -0.2) is 0 Å². The molecule has 1 aromatic carbocycles. The summed E-state index contributed by atoms with van der Waals surface area (Å²) in [7, 11) is 0. The van der Waals surface area contributed by atoms with Crippen LogP contribution in [0.1, 0.15) is 37.6 Å². The van der Waals surface area contributed by atoms with E-state index < -0.39 is 17.4 Å². The molecule has 0 spiro atoms. The molecule has 0 heterocycles. The van der Waals surface area contributed by atoms with Gasteiger partial charge in [-0.15, -0.1) is 0 Å². The van der Waals surface area contributed by atoms with Gasteiger partial charge >= 0.3 is 5.97 Å². The molecule has 1 aromatic rings. The van der Waals surface area contributed by atoms with Gasteiger partial charge in [0.1, 0.15) is 11.5 Å². The van der Waals surface area contributed by atoms with Gasteiger partial charge in [0, 0.05) is 18.2 Å². The molecule has 0 bridgehead atoms. The van der Waals surface area contributed by atoms with Gasteiger partial charge in [0.05, 0.1) is 12.0 Å². The summed E-state index contributed by atoms with van der Waals surface area (Å²) in [6, 6.07) is 3.68. The number of nitrogens with zero attached hydrogens (tertiary/aromatic N) is 1. The van der Waals surface area contributed by atoms with Crippen LogP contribution in [0.5, 0.6) is 11.5 Å². The first-order valence-corrected chi connectivity index (χ1v) is 6.18. The minimum Gasteiger partial charge on any atom is -0.508 e. The van der Waals surface area contributed by atoms with Gasteiger partial charge in [-0.3, -0.25) is 9.59 Å². The predicted molar refractivity (Wildman–Crippen MR) is 72.8 cm³/mol. The first-order chi connectivity index (χ1) is 9.12. The molecule has 0 aliphatic rings. The highest BCUT2D eigenvalue weighted by atomic mass is 16.4. The third-order valence-electron chi connectivity index (χ3n) is 2.82. The molecule has 3 N–H and O–H groups in total. The number of rotatable bonds is 4. The van der Waals surface area contributed by atoms with E-state index in [4.69, 9.17) is 5.11 Å². The van der Waals surface area contributed by atoms with E-state index >= 15 is 0 Å². The van der Waals surface area contributed by atoms with E-state index in [9.17, 15) is 19.8 Å². The maximum Gasteiger partial charge on any atom is 0.305 e. The Morgan fingerprint density at radius 3 is 2.25 bits per heavy atom. The number of aliphatic carboxylic acids is 1. The van der Waals surface area contributed by atoms with Crippen LogP contribution in [0.15, 0.2) is 18.2 Å². The maximum atomic E-state index is 12.4. The largest absolute Gasteiger partial charge is 0.508 e. The Bertz CT molecular complexity index is 519. The summed E-state index contributed by atoms with van der Waals surface area (Å²) >= 11 is 0. The van der Waals surface area contributed by atoms with Crippen LogP contribution in [0.25, 0.3) is 0 Å². The number of carbonyl (C=O) groups is 2. The second-order valence-electron chi connectivity index (χ2n) is 5.47. The van der Waals surface area contributed by atoms with Crippen molar-refractivity contribution in [2.24, 2.45) is 0 Å². The lowest BCUT2D eigenvalue weighted by Crippen LogP contribution is -2.46. The van der Waals surface area contributed by atoms with E-state index in [0.717, 1.165) is 6.07 Å². The van der Waals surface area contributed by atoms with Crippen LogP contribution in [0, 0.1) is 0 Å². The minimum atomic E-state index is -0.998. The molecule has 0 aromatic heterocycles. The summed E-state index contributed by atoms with van der Waals surface area (Å²) in [5.74, 6) is -1.95. The lowest BCUT2D eigenvalue weighted by Gasteiger charge is -2.35. The number of carbonyl (C=O) groups excluding carboxylic acids is 1. The van der Waals surface area contributed by atoms with Crippen molar-refractivity contribution in [3.63, 3.8) is 0 Å². The maximum absolute atomic E-state index is 12.4. The summed E-state index contributed by atoms with van der Waals surface area (Å²) in [6.07, 6.45) is -0.179. The number of hydrogen-bond acceptors (Lipinski definition) is 4. The van der Waals surface area contributed by atoms with Gasteiger partial charge in [0.15, 0.2) is 0 Å². The van der Waals surface area contributed by atoms with Gasteiger partial charge in [-0.2, -0.15) is 0 Å². The van der Waals surface area contributed by atoms with Crippen molar-refractivity contribution in [3.05, 3.63) is 23.8 Å². The fourth-order valence-electron chi connectivity index (χ4n) is 1.80. The van der Waals surface area contributed by atoms with E-state index in [1.165, 1.54) is 17.0 Å². The van der Waals surface area contributed by atoms with Crippen LogP contribution in [0.3, 0.4) is 0 Å². The van der Waals surface area contributed by atoms with E-state index in [1.807, 2.05) is 0 Å². The average Bonchev–Trinajstić information content (AvgIpc) is 2.26. The molecule has 1 rings (SSSR count). The summed E-state index contributed by atoms with van der Waals surface area (Å²) in [4.78, 5) is 24.5. The lowest BCUT2D eigenvalue weighted by atomic mass is 10.0. The topological polar surface area (TPSA) is 98.1 Å². The van der Waals surface area contributed by atoms with Crippen molar-refractivity contribution in [2.75, 3.05) is 6.54 Å². The van der Waals surface area contributed by atoms with Crippen molar-refractivity contribution >= 4 is 11.9 Å². The Morgan fingerprint density at radius 2 is 1.80 bits per heavy atom. The Kier molecular flexibility index (Phi) is 4.60. The second kappa shape index (κ2) is 5.81. The van der Waals surface area contributed by atoms with Crippen molar-refractivity contribution in [3.8, 4) is 11.5 Å². The molecule has 6 heteroatoms. The van der Waals surface area contributed by atoms with E-state index in [1.54, 1.807) is 20.8 Å². The van der Waals surface area contributed by atoms with Crippen LogP contribution < -0.4 is 0 Å². The monoisotopic (exact) mass is 281 g/mol. The summed E-state index contributed by atoms with van der Waals surface area (Å²) < 4.78 is 0.